The molecule has 1 aliphatic carbocycles. The molecule has 0 bridgehead atoms. The molecule has 1 saturated heterocycles. The van der Waals surface area contributed by atoms with Gasteiger partial charge in [0.15, 0.2) is 35.2 Å². The van der Waals surface area contributed by atoms with Gasteiger partial charge in [0.05, 0.1) is 11.3 Å². The first-order valence-electron chi connectivity index (χ1n) is 11.5. The molecule has 0 spiro atoms. The van der Waals surface area contributed by atoms with Gasteiger partial charge in [-0.1, -0.05) is 11.2 Å². The van der Waals surface area contributed by atoms with E-state index < -0.39 is 39.3 Å². The highest BCUT2D eigenvalue weighted by Gasteiger charge is 2.54. The van der Waals surface area contributed by atoms with Gasteiger partial charge >= 0.3 is 5.97 Å². The number of aromatic amines is 1. The number of aliphatic imine (C=N–C) groups is 1. The number of aromatic nitrogens is 1. The Morgan fingerprint density at radius 3 is 2.80 bits per heavy atom. The van der Waals surface area contributed by atoms with Crippen molar-refractivity contribution in [2.45, 2.75) is 17.8 Å². The highest BCUT2D eigenvalue weighted by Crippen LogP contribution is 2.42. The van der Waals surface area contributed by atoms with E-state index in [9.17, 15) is 32.8 Å². The number of hydrogen-bond acceptors (Lipinski definition) is 10. The molecule has 208 valence electrons. The first-order valence-corrected chi connectivity index (χ1v) is 14.8. The van der Waals surface area contributed by atoms with Gasteiger partial charge in [0, 0.05) is 34.8 Å². The second-order valence-corrected chi connectivity index (χ2v) is 12.1. The van der Waals surface area contributed by atoms with E-state index in [4.69, 9.17) is 10.2 Å². The zero-order valence-corrected chi connectivity index (χ0v) is 23.0. The number of H-pyrrole nitrogens is 1. The van der Waals surface area contributed by atoms with Gasteiger partial charge < -0.3 is 20.0 Å². The number of carbonyl (C=O) groups is 2. The Balaban J connectivity index is 1.43. The minimum Gasteiger partial charge on any atom is -0.492 e. The van der Waals surface area contributed by atoms with E-state index in [0.717, 1.165) is 16.2 Å². The van der Waals surface area contributed by atoms with Crippen molar-refractivity contribution in [1.29, 1.82) is 5.41 Å². The van der Waals surface area contributed by atoms with Gasteiger partial charge in [-0.15, -0.1) is 23.1 Å². The first kappa shape index (κ1) is 27.5. The highest BCUT2D eigenvalue weighted by molar-refractivity contribution is 8.00. The molecule has 0 radical (unpaired) electrons. The Kier molecular flexibility index (Phi) is 7.24. The summed E-state index contributed by atoms with van der Waals surface area (Å²) in [4.78, 5) is 37.9. The van der Waals surface area contributed by atoms with Crippen LogP contribution in [0.25, 0.3) is 0 Å². The van der Waals surface area contributed by atoms with Crippen LogP contribution in [-0.4, -0.2) is 97.8 Å². The molecule has 0 saturated carbocycles. The topological polar surface area (TPSA) is 209 Å². The van der Waals surface area contributed by atoms with Crippen molar-refractivity contribution in [1.82, 2.24) is 9.88 Å². The fourth-order valence-electron chi connectivity index (χ4n) is 4.50. The second-order valence-electron chi connectivity index (χ2n) is 8.68. The van der Waals surface area contributed by atoms with Crippen molar-refractivity contribution in [2.75, 3.05) is 19.4 Å². The molecular formula is C23H21N6O8S3+. The van der Waals surface area contributed by atoms with Crippen molar-refractivity contribution in [3.05, 3.63) is 67.6 Å². The lowest BCUT2D eigenvalue weighted by atomic mass is 9.98. The number of oxime groups is 1. The number of β-lactam (4-membered cyclic amide) rings is 1. The Morgan fingerprint density at radius 2 is 2.15 bits per heavy atom. The lowest BCUT2D eigenvalue weighted by Gasteiger charge is -2.47. The molecule has 5 N–H and O–H groups in total. The van der Waals surface area contributed by atoms with Crippen LogP contribution in [0.2, 0.25) is 0 Å². The van der Waals surface area contributed by atoms with Gasteiger partial charge in [0.2, 0.25) is 5.90 Å². The number of amides is 1. The number of thioether (sulfide) groups is 1. The summed E-state index contributed by atoms with van der Waals surface area (Å²) in [6.07, 6.45) is 6.30. The molecule has 1 aromatic rings. The minimum atomic E-state index is -4.44. The van der Waals surface area contributed by atoms with E-state index in [1.165, 1.54) is 42.6 Å². The van der Waals surface area contributed by atoms with Crippen LogP contribution in [0.5, 0.6) is 0 Å². The number of aliphatic hydroxyl groups is 1. The van der Waals surface area contributed by atoms with Crippen LogP contribution in [0.15, 0.2) is 67.3 Å². The maximum atomic E-state index is 13.1. The number of aliphatic hydroxyl groups excluding tert-OH is 1. The molecule has 4 aliphatic rings. The van der Waals surface area contributed by atoms with Crippen molar-refractivity contribution < 1.29 is 42.2 Å². The zero-order chi connectivity index (χ0) is 28.8. The molecule has 5 rings (SSSR count). The molecule has 0 aromatic carbocycles. The van der Waals surface area contributed by atoms with Crippen molar-refractivity contribution >= 4 is 62.6 Å². The summed E-state index contributed by atoms with van der Waals surface area (Å²) in [5.74, 6) is 0.750. The molecule has 1 aromatic heterocycles. The molecule has 17 heteroatoms. The normalized spacial score (nSPS) is 22.9. The maximum Gasteiger partial charge on any atom is 0.352 e. The Hall–Kier alpha value is -4.02. The Bertz CT molecular complexity index is 1750. The van der Waals surface area contributed by atoms with E-state index in [0.29, 0.717) is 23.1 Å². The van der Waals surface area contributed by atoms with E-state index >= 15 is 0 Å². The molecule has 40 heavy (non-hydrogen) atoms. The summed E-state index contributed by atoms with van der Waals surface area (Å²) >= 11 is 2.33. The number of allylic oxidation sites excluding steroid dienone is 5. The molecule has 0 unspecified atom stereocenters. The van der Waals surface area contributed by atoms with Gasteiger partial charge in [-0.05, 0) is 6.08 Å². The first-order chi connectivity index (χ1) is 19.0. The molecule has 14 nitrogen and oxygen atoms in total. The Morgan fingerprint density at radius 1 is 1.38 bits per heavy atom. The maximum absolute atomic E-state index is 13.1. The van der Waals surface area contributed by atoms with E-state index in [2.05, 4.69) is 21.0 Å². The van der Waals surface area contributed by atoms with Crippen LogP contribution < -0.4 is 4.80 Å². The predicted molar refractivity (Wildman–Crippen MR) is 145 cm³/mol. The summed E-state index contributed by atoms with van der Waals surface area (Å²) in [5.41, 5.74) is 1.21. The van der Waals surface area contributed by atoms with E-state index in [-0.39, 0.29) is 39.1 Å². The van der Waals surface area contributed by atoms with E-state index in [1.807, 2.05) is 0 Å². The van der Waals surface area contributed by atoms with Crippen LogP contribution in [0.3, 0.4) is 0 Å². The van der Waals surface area contributed by atoms with Gasteiger partial charge in [0.1, 0.15) is 23.1 Å². The summed E-state index contributed by atoms with van der Waals surface area (Å²) < 4.78 is 34.5. The molecular weight excluding hydrogens is 584 g/mol. The second kappa shape index (κ2) is 10.5. The molecule has 1 fully saturated rings. The Labute approximate surface area is 234 Å². The number of thiazole rings is 1. The van der Waals surface area contributed by atoms with Crippen LogP contribution in [-0.2, 0) is 24.5 Å². The standard InChI is InChI=1S/C23H20N6O8S3/c1-37-27-16(14-10-39-23(24)25-14)19(30)26-17-20(31)29-18(22(32)33)12(9-38-21(17)29)8-28-6-5-13-11(7-28)3-2-4-15(13)40(34,35)36/h2,4-6,10,17,21H,3,8-9H2,1H3,(H4-,24,25,26,30,32,33,34,35,36)/p+1/b27-16-/t17-,21-/m1/s1. The lowest BCUT2D eigenvalue weighted by molar-refractivity contribution is -0.441. The third-order valence-corrected chi connectivity index (χ3v) is 9.12. The van der Waals surface area contributed by atoms with Gasteiger partial charge in [-0.3, -0.25) is 19.7 Å². The molecule has 3 aliphatic heterocycles. The van der Waals surface area contributed by atoms with E-state index in [1.54, 1.807) is 10.7 Å². The highest BCUT2D eigenvalue weighted by atomic mass is 32.2. The monoisotopic (exact) mass is 605 g/mol. The van der Waals surface area contributed by atoms with Crippen LogP contribution in [0.1, 0.15) is 12.1 Å². The number of carbonyl (C=O) groups excluding carboxylic acids is 1. The number of nitrogens with one attached hydrogen (secondary N) is 2. The zero-order valence-electron chi connectivity index (χ0n) is 20.6. The lowest BCUT2D eigenvalue weighted by Crippen LogP contribution is -2.64. The third kappa shape index (κ3) is 5.00. The van der Waals surface area contributed by atoms with Gasteiger partial charge in [-0.2, -0.15) is 13.0 Å². The number of carboxylic acids is 1. The number of nitrogens with zero attached hydrogens (tertiary/aromatic N) is 4. The number of aliphatic carboxylic acids is 1. The number of rotatable bonds is 8. The summed E-state index contributed by atoms with van der Waals surface area (Å²) in [5, 5.41) is 32.8. The van der Waals surface area contributed by atoms with Crippen molar-refractivity contribution in [2.24, 2.45) is 10.1 Å². The SMILES string of the molecule is CO/N=C(\C(O)=N[C@@H]1C(=O)N2C(C(=O)O)=C(C[N+]3=C=C4CC=CC(S(=O)(=O)O)=C4C=C3)CS[C@H]12)c1csc(=N)[nH]1. The molecule has 1 amide bonds. The third-order valence-electron chi connectivity index (χ3n) is 6.20. The molecule has 4 heterocycles. The summed E-state index contributed by atoms with van der Waals surface area (Å²) in [7, 11) is -3.17. The van der Waals surface area contributed by atoms with Gasteiger partial charge in [0.25, 0.3) is 16.0 Å². The fourth-order valence-corrected chi connectivity index (χ4v) is 7.13. The van der Waals surface area contributed by atoms with Crippen molar-refractivity contribution in [3.8, 4) is 0 Å². The quantitative estimate of drug-likeness (QED) is 0.0705. The summed E-state index contributed by atoms with van der Waals surface area (Å²) in [6, 6.07) is -1.07. The number of fused-ring (bicyclic) bond motifs is 2. The van der Waals surface area contributed by atoms with Gasteiger partial charge in [-0.25, -0.2) is 9.79 Å². The van der Waals surface area contributed by atoms with Crippen LogP contribution in [0.4, 0.5) is 0 Å². The largest absolute Gasteiger partial charge is 0.492 e. The minimum absolute atomic E-state index is 0.0661. The number of hydrogen-bond donors (Lipinski definition) is 5. The van der Waals surface area contributed by atoms with Crippen LogP contribution in [0, 0.1) is 5.41 Å². The van der Waals surface area contributed by atoms with Crippen LogP contribution >= 0.6 is 23.1 Å². The van der Waals surface area contributed by atoms with Crippen molar-refractivity contribution in [3.63, 3.8) is 0 Å². The smallest absolute Gasteiger partial charge is 0.352 e. The average Bonchev–Trinajstić information content (AvgIpc) is 3.34. The number of carboxylic acid groups (broad SMARTS) is 1. The fraction of sp³-hybridized carbons (Fsp3) is 0.261. The average molecular weight is 606 g/mol. The predicted octanol–water partition coefficient (Wildman–Crippen LogP) is 0.723. The molecule has 2 atom stereocenters. The summed E-state index contributed by atoms with van der Waals surface area (Å²) in [6.45, 7) is 0.0661.